The van der Waals surface area contributed by atoms with E-state index >= 15 is 0 Å². The van der Waals surface area contributed by atoms with Crippen molar-refractivity contribution >= 4 is 44.5 Å². The number of nitrogens with two attached hydrogens (primary N) is 1. The van der Waals surface area contributed by atoms with Gasteiger partial charge in [-0.25, -0.2) is 8.42 Å². The fourth-order valence-corrected chi connectivity index (χ4v) is 5.75. The van der Waals surface area contributed by atoms with Crippen LogP contribution in [0.15, 0.2) is 58.5 Å². The number of nitrogens with zero attached hydrogens (tertiary/aromatic N) is 2. The van der Waals surface area contributed by atoms with Crippen LogP contribution in [0, 0.1) is 0 Å². The lowest BCUT2D eigenvalue weighted by molar-refractivity contribution is -0.129. The maximum absolute atomic E-state index is 13.1. The Kier molecular flexibility index (Phi) is 7.15. The number of sulfonamides is 1. The number of likely N-dealkylation sites (tertiary alicyclic amines) is 1. The third-order valence-electron chi connectivity index (χ3n) is 5.85. The summed E-state index contributed by atoms with van der Waals surface area (Å²) in [5.41, 5.74) is 1.72. The van der Waals surface area contributed by atoms with Crippen LogP contribution in [0.2, 0.25) is 5.02 Å². The van der Waals surface area contributed by atoms with Crippen molar-refractivity contribution in [2.24, 2.45) is 10.9 Å². The highest BCUT2D eigenvalue weighted by Gasteiger charge is 2.35. The maximum Gasteiger partial charge on any atom is 0.241 e. The van der Waals surface area contributed by atoms with Crippen molar-refractivity contribution in [1.29, 1.82) is 0 Å². The van der Waals surface area contributed by atoms with Gasteiger partial charge in [-0.3, -0.25) is 4.79 Å². The molecule has 1 aliphatic rings. The van der Waals surface area contributed by atoms with Crippen LogP contribution >= 0.6 is 11.6 Å². The molecule has 11 heteroatoms. The Bertz CT molecular complexity index is 1410. The van der Waals surface area contributed by atoms with E-state index in [2.05, 4.69) is 9.82 Å². The zero-order valence-corrected chi connectivity index (χ0v) is 20.8. The van der Waals surface area contributed by atoms with Crippen LogP contribution in [0.4, 0.5) is 0 Å². The number of hydrogen-bond acceptors (Lipinski definition) is 7. The molecular weight excluding hydrogens is 492 g/mol. The van der Waals surface area contributed by atoms with Gasteiger partial charge in [0.15, 0.2) is 11.5 Å². The van der Waals surface area contributed by atoms with Gasteiger partial charge in [0, 0.05) is 18.5 Å². The summed E-state index contributed by atoms with van der Waals surface area (Å²) in [7, 11) is -1.02. The van der Waals surface area contributed by atoms with E-state index in [1.165, 1.54) is 32.6 Å². The first-order valence-electron chi connectivity index (χ1n) is 10.7. The molecule has 0 saturated carbocycles. The lowest BCUT2D eigenvalue weighted by Crippen LogP contribution is -2.41. The van der Waals surface area contributed by atoms with Crippen molar-refractivity contribution in [3.8, 4) is 11.5 Å². The van der Waals surface area contributed by atoms with Crippen molar-refractivity contribution in [2.45, 2.75) is 23.9 Å². The molecule has 0 bridgehead atoms. The minimum absolute atomic E-state index is 0.0216. The summed E-state index contributed by atoms with van der Waals surface area (Å²) in [6.07, 6.45) is 1.89. The molecule has 1 amide bonds. The Labute approximate surface area is 208 Å². The number of hydrogen-bond donors (Lipinski definition) is 2. The smallest absolute Gasteiger partial charge is 0.241 e. The molecule has 0 radical (unpaired) electrons. The van der Waals surface area contributed by atoms with E-state index in [9.17, 15) is 13.2 Å². The summed E-state index contributed by atoms with van der Waals surface area (Å²) in [6.45, 7) is 0.797. The van der Waals surface area contributed by atoms with Gasteiger partial charge in [0.25, 0.3) is 0 Å². The van der Waals surface area contributed by atoms with E-state index in [0.29, 0.717) is 46.8 Å². The van der Waals surface area contributed by atoms with Crippen molar-refractivity contribution in [2.75, 3.05) is 20.8 Å². The highest BCUT2D eigenvalue weighted by Crippen LogP contribution is 2.41. The number of nitrogens with one attached hydrogen (secondary N) is 1. The first kappa shape index (κ1) is 24.8. The van der Waals surface area contributed by atoms with Crippen LogP contribution in [0.25, 0.3) is 10.8 Å². The van der Waals surface area contributed by atoms with Crippen molar-refractivity contribution < 1.29 is 22.7 Å². The number of benzene rings is 3. The molecule has 9 nitrogen and oxygen atoms in total. The van der Waals surface area contributed by atoms with Crippen molar-refractivity contribution in [3.63, 3.8) is 0 Å². The fourth-order valence-electron chi connectivity index (χ4n) is 4.15. The second-order valence-corrected chi connectivity index (χ2v) is 10.1. The zero-order chi connectivity index (χ0) is 25.2. The molecule has 3 aromatic rings. The van der Waals surface area contributed by atoms with Crippen LogP contribution in [0.1, 0.15) is 17.5 Å². The molecule has 3 aromatic carbocycles. The third kappa shape index (κ3) is 5.04. The molecule has 1 aliphatic heterocycles. The quantitative estimate of drug-likeness (QED) is 0.269. The zero-order valence-electron chi connectivity index (χ0n) is 19.2. The SMILES string of the molecule is COc1cc2cc(S(=O)(=O)N[C@H]3CCN(Cc4cccc(C=NN)c4)C3=O)ccc2c(Cl)c1OC. The molecule has 0 spiro atoms. The van der Waals surface area contributed by atoms with Crippen molar-refractivity contribution in [3.05, 3.63) is 64.7 Å². The number of hydrazone groups is 1. The molecular formula is C24H25ClN4O5S. The number of carbonyl (C=O) groups excluding carboxylic acids is 1. The Morgan fingerprint density at radius 1 is 1.20 bits per heavy atom. The maximum atomic E-state index is 13.1. The van der Waals surface area contributed by atoms with E-state index in [4.69, 9.17) is 26.9 Å². The first-order chi connectivity index (χ1) is 16.8. The summed E-state index contributed by atoms with van der Waals surface area (Å²) < 4.78 is 39.4. The van der Waals surface area contributed by atoms with Gasteiger partial charge >= 0.3 is 0 Å². The highest BCUT2D eigenvalue weighted by atomic mass is 35.5. The number of halogens is 1. The Morgan fingerprint density at radius 3 is 2.71 bits per heavy atom. The summed E-state index contributed by atoms with van der Waals surface area (Å²) in [5, 5.41) is 5.02. The van der Waals surface area contributed by atoms with E-state index < -0.39 is 16.1 Å². The molecule has 184 valence electrons. The topological polar surface area (TPSA) is 123 Å². The van der Waals surface area contributed by atoms with Crippen LogP contribution in [-0.2, 0) is 21.4 Å². The van der Waals surface area contributed by atoms with Gasteiger partial charge in [-0.05, 0) is 47.2 Å². The normalized spacial score (nSPS) is 16.4. The lowest BCUT2D eigenvalue weighted by Gasteiger charge is -2.18. The van der Waals surface area contributed by atoms with Gasteiger partial charge in [0.1, 0.15) is 6.04 Å². The van der Waals surface area contributed by atoms with E-state index in [-0.39, 0.29) is 10.8 Å². The van der Waals surface area contributed by atoms with E-state index in [0.717, 1.165) is 11.1 Å². The predicted octanol–water partition coefficient (Wildman–Crippen LogP) is 2.88. The second kappa shape index (κ2) is 10.1. The lowest BCUT2D eigenvalue weighted by atomic mass is 10.1. The van der Waals surface area contributed by atoms with Gasteiger partial charge in [0.2, 0.25) is 15.9 Å². The number of rotatable bonds is 8. The van der Waals surface area contributed by atoms with E-state index in [1.54, 1.807) is 17.0 Å². The standard InChI is InChI=1S/C24H25ClN4O5S/c1-33-21-12-17-11-18(6-7-19(17)22(25)23(21)34-2)35(31,32)28-20-8-9-29(24(20)30)14-16-5-3-4-15(10-16)13-27-26/h3-7,10-13,20,28H,8-9,14,26H2,1-2H3/t20-/m0/s1. The van der Waals surface area contributed by atoms with Crippen LogP contribution in [-0.4, -0.2) is 52.2 Å². The predicted molar refractivity (Wildman–Crippen MR) is 134 cm³/mol. The molecule has 3 N–H and O–H groups in total. The van der Waals surface area contributed by atoms with Gasteiger partial charge < -0.3 is 20.2 Å². The average molecular weight is 517 g/mol. The Balaban J connectivity index is 1.53. The summed E-state index contributed by atoms with van der Waals surface area (Å²) in [4.78, 5) is 14.6. The molecule has 35 heavy (non-hydrogen) atoms. The highest BCUT2D eigenvalue weighted by molar-refractivity contribution is 7.89. The van der Waals surface area contributed by atoms with Gasteiger partial charge in [-0.1, -0.05) is 35.9 Å². The minimum atomic E-state index is -3.97. The Morgan fingerprint density at radius 2 is 2.00 bits per heavy atom. The largest absolute Gasteiger partial charge is 0.493 e. The number of ether oxygens (including phenoxy) is 2. The molecule has 1 fully saturated rings. The Hall–Kier alpha value is -3.34. The number of amides is 1. The summed E-state index contributed by atoms with van der Waals surface area (Å²) in [5.74, 6) is 5.69. The molecule has 1 atom stereocenters. The molecule has 4 rings (SSSR count). The van der Waals surface area contributed by atoms with E-state index in [1.807, 2.05) is 24.3 Å². The molecule has 1 heterocycles. The molecule has 0 aliphatic carbocycles. The van der Waals surface area contributed by atoms with Crippen LogP contribution < -0.4 is 20.0 Å². The fraction of sp³-hybridized carbons (Fsp3) is 0.250. The number of fused-ring (bicyclic) bond motifs is 1. The van der Waals surface area contributed by atoms with Crippen LogP contribution in [0.5, 0.6) is 11.5 Å². The molecule has 0 aromatic heterocycles. The van der Waals surface area contributed by atoms with Gasteiger partial charge in [0.05, 0.1) is 30.4 Å². The minimum Gasteiger partial charge on any atom is -0.493 e. The van der Waals surface area contributed by atoms with Gasteiger partial charge in [-0.15, -0.1) is 0 Å². The monoisotopic (exact) mass is 516 g/mol. The first-order valence-corrected chi connectivity index (χ1v) is 12.6. The molecule has 1 saturated heterocycles. The second-order valence-electron chi connectivity index (χ2n) is 8.05. The summed E-state index contributed by atoms with van der Waals surface area (Å²) >= 11 is 6.43. The number of carbonyl (C=O) groups is 1. The van der Waals surface area contributed by atoms with Crippen LogP contribution in [0.3, 0.4) is 0 Å². The molecule has 0 unspecified atom stereocenters. The average Bonchev–Trinajstić information content (AvgIpc) is 3.17. The van der Waals surface area contributed by atoms with Gasteiger partial charge in [-0.2, -0.15) is 9.82 Å². The summed E-state index contributed by atoms with van der Waals surface area (Å²) in [6, 6.07) is 12.8. The van der Waals surface area contributed by atoms with Crippen molar-refractivity contribution in [1.82, 2.24) is 9.62 Å². The number of methoxy groups -OCH3 is 2. The third-order valence-corrected chi connectivity index (χ3v) is 7.69.